The molecule has 0 atom stereocenters. The van der Waals surface area contributed by atoms with E-state index in [4.69, 9.17) is 15.5 Å². The third-order valence-corrected chi connectivity index (χ3v) is 3.22. The molecule has 1 aromatic carbocycles. The van der Waals surface area contributed by atoms with Crippen molar-refractivity contribution in [2.24, 2.45) is 5.73 Å². The van der Waals surface area contributed by atoms with Crippen molar-refractivity contribution in [3.05, 3.63) is 53.6 Å². The quantitative estimate of drug-likeness (QED) is 0.793. The summed E-state index contributed by atoms with van der Waals surface area (Å²) in [6.07, 6.45) is 2.90. The van der Waals surface area contributed by atoms with Gasteiger partial charge in [-0.15, -0.1) is 0 Å². The average Bonchev–Trinajstić information content (AvgIpc) is 2.47. The van der Waals surface area contributed by atoms with Crippen LogP contribution in [-0.4, -0.2) is 22.9 Å². The minimum Gasteiger partial charge on any atom is -0.325 e. The summed E-state index contributed by atoms with van der Waals surface area (Å²) in [6, 6.07) is 7.85. The monoisotopic (exact) mass is 306 g/mol. The van der Waals surface area contributed by atoms with Gasteiger partial charge in [0.25, 0.3) is 10.1 Å². The lowest BCUT2D eigenvalue weighted by molar-refractivity contribution is 0.483. The molecule has 0 amide bonds. The van der Waals surface area contributed by atoms with E-state index in [0.717, 1.165) is 5.56 Å². The smallest absolute Gasteiger partial charge is 0.294 e. The van der Waals surface area contributed by atoms with Gasteiger partial charge in [-0.2, -0.15) is 13.7 Å². The molecule has 0 radical (unpaired) electrons. The largest absolute Gasteiger partial charge is 0.325 e. The van der Waals surface area contributed by atoms with Crippen LogP contribution in [0.1, 0.15) is 17.0 Å². The molecule has 0 aliphatic rings. The van der Waals surface area contributed by atoms with Gasteiger partial charge in [0.05, 0.1) is 23.0 Å². The van der Waals surface area contributed by atoms with Crippen molar-refractivity contribution < 1.29 is 13.0 Å². The fraction of sp³-hybridized carbons (Fsp3) is 0.154. The molecule has 0 saturated carbocycles. The Kier molecular flexibility index (Phi) is 5.92. The SMILES string of the molecule is Cc1ccc(S(=O)(=O)O)cc1.N#Cc1cnc(CN)cn1. The Morgan fingerprint density at radius 2 is 1.86 bits per heavy atom. The zero-order chi connectivity index (χ0) is 15.9. The van der Waals surface area contributed by atoms with Crippen LogP contribution in [0.5, 0.6) is 0 Å². The third kappa shape index (κ3) is 5.66. The maximum atomic E-state index is 10.5. The number of aromatic nitrogens is 2. The number of benzene rings is 1. The standard InChI is InChI=1S/C7H8O3S.C6H6N4/c1-6-2-4-7(5-3-6)11(8,9)10;7-1-5-3-10-6(2-8)4-9-5/h2-5H,1H3,(H,8,9,10);3-4H,1,7H2. The molecule has 1 heterocycles. The van der Waals surface area contributed by atoms with Gasteiger partial charge < -0.3 is 5.73 Å². The second kappa shape index (κ2) is 7.44. The maximum Gasteiger partial charge on any atom is 0.294 e. The molecule has 0 saturated heterocycles. The van der Waals surface area contributed by atoms with Crippen molar-refractivity contribution in [2.75, 3.05) is 0 Å². The molecule has 0 spiro atoms. The molecule has 3 N–H and O–H groups in total. The summed E-state index contributed by atoms with van der Waals surface area (Å²) in [4.78, 5) is 7.56. The number of nitriles is 1. The van der Waals surface area contributed by atoms with E-state index in [1.54, 1.807) is 12.1 Å². The Labute approximate surface area is 122 Å². The Hall–Kier alpha value is -2.34. The minimum atomic E-state index is -4.02. The molecule has 2 aromatic rings. The van der Waals surface area contributed by atoms with E-state index in [-0.39, 0.29) is 4.90 Å². The normalized spacial score (nSPS) is 10.2. The van der Waals surface area contributed by atoms with Crippen LogP contribution in [-0.2, 0) is 16.7 Å². The lowest BCUT2D eigenvalue weighted by atomic mass is 10.2. The molecule has 2 rings (SSSR count). The predicted octanol–water partition coefficient (Wildman–Crippen LogP) is 1.05. The Morgan fingerprint density at radius 1 is 1.24 bits per heavy atom. The second-order valence-corrected chi connectivity index (χ2v) is 5.42. The lowest BCUT2D eigenvalue weighted by Crippen LogP contribution is -2.00. The summed E-state index contributed by atoms with van der Waals surface area (Å²) in [5.41, 5.74) is 7.22. The van der Waals surface area contributed by atoms with Crippen molar-refractivity contribution >= 4 is 10.1 Å². The number of nitrogens with two attached hydrogens (primary N) is 1. The van der Waals surface area contributed by atoms with E-state index in [1.807, 2.05) is 13.0 Å². The van der Waals surface area contributed by atoms with E-state index in [0.29, 0.717) is 17.9 Å². The first-order valence-corrected chi connectivity index (χ1v) is 7.26. The second-order valence-electron chi connectivity index (χ2n) is 4.00. The van der Waals surface area contributed by atoms with Crippen molar-refractivity contribution in [1.82, 2.24) is 9.97 Å². The summed E-state index contributed by atoms with van der Waals surface area (Å²) in [6.45, 7) is 2.20. The van der Waals surface area contributed by atoms with Gasteiger partial charge in [-0.25, -0.2) is 4.98 Å². The number of nitrogens with zero attached hydrogens (tertiary/aromatic N) is 3. The van der Waals surface area contributed by atoms with Gasteiger partial charge in [0.2, 0.25) is 0 Å². The zero-order valence-corrected chi connectivity index (χ0v) is 12.1. The van der Waals surface area contributed by atoms with Crippen LogP contribution in [0.2, 0.25) is 0 Å². The molecule has 110 valence electrons. The van der Waals surface area contributed by atoms with Gasteiger partial charge in [0.15, 0.2) is 5.69 Å². The first-order valence-electron chi connectivity index (χ1n) is 5.82. The van der Waals surface area contributed by atoms with Crippen LogP contribution >= 0.6 is 0 Å². The maximum absolute atomic E-state index is 10.5. The molecule has 0 bridgehead atoms. The highest BCUT2D eigenvalue weighted by atomic mass is 32.2. The summed E-state index contributed by atoms with van der Waals surface area (Å²) in [7, 11) is -4.02. The first kappa shape index (κ1) is 16.7. The van der Waals surface area contributed by atoms with E-state index in [1.165, 1.54) is 24.5 Å². The number of hydrogen-bond donors (Lipinski definition) is 2. The lowest BCUT2D eigenvalue weighted by Gasteiger charge is -1.95. The zero-order valence-electron chi connectivity index (χ0n) is 11.3. The first-order chi connectivity index (χ1) is 9.86. The third-order valence-electron chi connectivity index (χ3n) is 2.35. The molecular weight excluding hydrogens is 292 g/mol. The topological polar surface area (TPSA) is 130 Å². The molecule has 8 heteroatoms. The van der Waals surface area contributed by atoms with Crippen LogP contribution in [0.25, 0.3) is 0 Å². The van der Waals surface area contributed by atoms with Gasteiger partial charge in [0, 0.05) is 6.54 Å². The summed E-state index contributed by atoms with van der Waals surface area (Å²) in [5.74, 6) is 0. The molecule has 21 heavy (non-hydrogen) atoms. The number of hydrogen-bond acceptors (Lipinski definition) is 6. The molecule has 0 aliphatic heterocycles. The Balaban J connectivity index is 0.000000211. The summed E-state index contributed by atoms with van der Waals surface area (Å²) < 4.78 is 29.6. The van der Waals surface area contributed by atoms with Crippen LogP contribution in [0.3, 0.4) is 0 Å². The highest BCUT2D eigenvalue weighted by Crippen LogP contribution is 2.08. The molecule has 0 fully saturated rings. The van der Waals surface area contributed by atoms with Gasteiger partial charge in [-0.05, 0) is 19.1 Å². The highest BCUT2D eigenvalue weighted by molar-refractivity contribution is 7.85. The molecule has 0 unspecified atom stereocenters. The van der Waals surface area contributed by atoms with Gasteiger partial charge in [-0.1, -0.05) is 17.7 Å². The summed E-state index contributed by atoms with van der Waals surface area (Å²) in [5, 5.41) is 8.32. The number of aryl methyl sites for hydroxylation is 1. The summed E-state index contributed by atoms with van der Waals surface area (Å²) >= 11 is 0. The fourth-order valence-electron chi connectivity index (χ4n) is 1.23. The molecular formula is C13H14N4O3S. The van der Waals surface area contributed by atoms with Crippen molar-refractivity contribution in [3.8, 4) is 6.07 Å². The van der Waals surface area contributed by atoms with Crippen LogP contribution in [0.4, 0.5) is 0 Å². The highest BCUT2D eigenvalue weighted by Gasteiger charge is 2.06. The van der Waals surface area contributed by atoms with E-state index in [2.05, 4.69) is 9.97 Å². The number of rotatable bonds is 2. The van der Waals surface area contributed by atoms with Gasteiger partial charge in [-0.3, -0.25) is 9.54 Å². The van der Waals surface area contributed by atoms with Crippen LogP contribution in [0, 0.1) is 18.3 Å². The van der Waals surface area contributed by atoms with Crippen molar-refractivity contribution in [2.45, 2.75) is 18.4 Å². The van der Waals surface area contributed by atoms with Gasteiger partial charge >= 0.3 is 0 Å². The molecule has 0 aliphatic carbocycles. The predicted molar refractivity (Wildman–Crippen MR) is 75.6 cm³/mol. The molecule has 7 nitrogen and oxygen atoms in total. The average molecular weight is 306 g/mol. The van der Waals surface area contributed by atoms with Crippen molar-refractivity contribution in [1.29, 1.82) is 5.26 Å². The minimum absolute atomic E-state index is 0.0666. The van der Waals surface area contributed by atoms with E-state index in [9.17, 15) is 8.42 Å². The molecule has 1 aromatic heterocycles. The van der Waals surface area contributed by atoms with Crippen LogP contribution in [0.15, 0.2) is 41.6 Å². The fourth-order valence-corrected chi connectivity index (χ4v) is 1.71. The van der Waals surface area contributed by atoms with E-state index >= 15 is 0 Å². The van der Waals surface area contributed by atoms with Gasteiger partial charge in [0.1, 0.15) is 6.07 Å². The van der Waals surface area contributed by atoms with Crippen molar-refractivity contribution in [3.63, 3.8) is 0 Å². The Bertz CT molecular complexity index is 720. The Morgan fingerprint density at radius 3 is 2.24 bits per heavy atom. The van der Waals surface area contributed by atoms with E-state index < -0.39 is 10.1 Å². The van der Waals surface area contributed by atoms with Crippen LogP contribution < -0.4 is 5.73 Å².